The molecule has 4 fully saturated rings. The van der Waals surface area contributed by atoms with Gasteiger partial charge in [0.1, 0.15) is 0 Å². The van der Waals surface area contributed by atoms with Gasteiger partial charge < -0.3 is 13.3 Å². The van der Waals surface area contributed by atoms with E-state index in [-0.39, 0.29) is 0 Å². The topological polar surface area (TPSA) is 27.7 Å². The SMILES string of the molecule is C1CCCC([Si](OC2CCCC2)(OC2CCCC2)OC2CCCC2)CCC1. The Morgan fingerprint density at radius 1 is 0.370 bits per heavy atom. The fourth-order valence-corrected chi connectivity index (χ4v) is 9.86. The summed E-state index contributed by atoms with van der Waals surface area (Å²) in [6.45, 7) is 0. The van der Waals surface area contributed by atoms with Crippen molar-refractivity contribution >= 4 is 8.80 Å². The van der Waals surface area contributed by atoms with E-state index >= 15 is 0 Å². The number of hydrogen-bond acceptors (Lipinski definition) is 3. The molecule has 0 spiro atoms. The molecule has 0 aromatic rings. The Morgan fingerprint density at radius 2 is 0.667 bits per heavy atom. The van der Waals surface area contributed by atoms with Gasteiger partial charge >= 0.3 is 8.80 Å². The van der Waals surface area contributed by atoms with Crippen molar-refractivity contribution in [3.8, 4) is 0 Å². The minimum Gasteiger partial charge on any atom is -0.370 e. The first-order chi connectivity index (χ1) is 13.3. The first-order valence-corrected chi connectivity index (χ1v) is 14.2. The number of rotatable bonds is 7. The monoisotopic (exact) mass is 394 g/mol. The molecule has 156 valence electrons. The second kappa shape index (κ2) is 10.2. The van der Waals surface area contributed by atoms with Gasteiger partial charge in [0.2, 0.25) is 0 Å². The smallest absolute Gasteiger partial charge is 0.370 e. The summed E-state index contributed by atoms with van der Waals surface area (Å²) in [4.78, 5) is 0. The van der Waals surface area contributed by atoms with E-state index in [1.54, 1.807) is 0 Å². The van der Waals surface area contributed by atoms with Crippen molar-refractivity contribution in [1.82, 2.24) is 0 Å². The zero-order valence-electron chi connectivity index (χ0n) is 17.5. The van der Waals surface area contributed by atoms with Crippen molar-refractivity contribution in [3.63, 3.8) is 0 Å². The molecule has 0 heterocycles. The molecule has 0 aromatic heterocycles. The third-order valence-corrected chi connectivity index (χ3v) is 11.1. The van der Waals surface area contributed by atoms with Crippen molar-refractivity contribution in [2.45, 2.75) is 146 Å². The molecule has 0 aromatic carbocycles. The Labute approximate surface area is 168 Å². The lowest BCUT2D eigenvalue weighted by Crippen LogP contribution is -2.55. The zero-order chi connectivity index (χ0) is 18.4. The zero-order valence-corrected chi connectivity index (χ0v) is 18.5. The largest absolute Gasteiger partial charge is 0.504 e. The summed E-state index contributed by atoms with van der Waals surface area (Å²) < 4.78 is 21.2. The van der Waals surface area contributed by atoms with Gasteiger partial charge in [-0.15, -0.1) is 0 Å². The van der Waals surface area contributed by atoms with Crippen LogP contribution in [0.1, 0.15) is 122 Å². The van der Waals surface area contributed by atoms with Crippen LogP contribution in [0, 0.1) is 0 Å². The summed E-state index contributed by atoms with van der Waals surface area (Å²) in [5.74, 6) is 0. The molecule has 4 rings (SSSR count). The molecule has 0 amide bonds. The van der Waals surface area contributed by atoms with E-state index in [0.717, 1.165) is 0 Å². The van der Waals surface area contributed by atoms with Crippen molar-refractivity contribution in [3.05, 3.63) is 0 Å². The van der Waals surface area contributed by atoms with E-state index in [0.29, 0.717) is 23.9 Å². The summed E-state index contributed by atoms with van der Waals surface area (Å²) in [5.41, 5.74) is 0.555. The van der Waals surface area contributed by atoms with Crippen LogP contribution in [-0.4, -0.2) is 27.1 Å². The third kappa shape index (κ3) is 5.58. The molecule has 0 saturated heterocycles. The Morgan fingerprint density at radius 3 is 1.04 bits per heavy atom. The second-order valence-corrected chi connectivity index (χ2v) is 12.4. The first kappa shape index (κ1) is 20.4. The molecule has 0 N–H and O–H groups in total. The van der Waals surface area contributed by atoms with Crippen LogP contribution >= 0.6 is 0 Å². The first-order valence-electron chi connectivity index (χ1n) is 12.4. The van der Waals surface area contributed by atoms with Gasteiger partial charge in [-0.3, -0.25) is 0 Å². The van der Waals surface area contributed by atoms with E-state index in [2.05, 4.69) is 0 Å². The molecule has 3 nitrogen and oxygen atoms in total. The molecule has 0 radical (unpaired) electrons. The maximum Gasteiger partial charge on any atom is 0.504 e. The quantitative estimate of drug-likeness (QED) is 0.439. The summed E-state index contributed by atoms with van der Waals surface area (Å²) in [7, 11) is -2.64. The van der Waals surface area contributed by atoms with Gasteiger partial charge in [0.25, 0.3) is 0 Å². The average molecular weight is 395 g/mol. The molecule has 0 unspecified atom stereocenters. The van der Waals surface area contributed by atoms with Crippen LogP contribution in [0.15, 0.2) is 0 Å². The van der Waals surface area contributed by atoms with Crippen molar-refractivity contribution < 1.29 is 13.3 Å². The third-order valence-electron chi connectivity index (χ3n) is 7.50. The maximum atomic E-state index is 7.05. The van der Waals surface area contributed by atoms with Crippen LogP contribution in [0.5, 0.6) is 0 Å². The molecule has 27 heavy (non-hydrogen) atoms. The predicted molar refractivity (Wildman–Crippen MR) is 112 cm³/mol. The summed E-state index contributed by atoms with van der Waals surface area (Å²) >= 11 is 0. The van der Waals surface area contributed by atoms with Crippen LogP contribution in [0.25, 0.3) is 0 Å². The molecule has 4 aliphatic rings. The van der Waals surface area contributed by atoms with Crippen LogP contribution in [-0.2, 0) is 13.3 Å². The van der Waals surface area contributed by atoms with Gasteiger partial charge in [-0.25, -0.2) is 0 Å². The fraction of sp³-hybridized carbons (Fsp3) is 1.00. The van der Waals surface area contributed by atoms with E-state index < -0.39 is 8.80 Å². The van der Waals surface area contributed by atoms with Crippen molar-refractivity contribution in [2.75, 3.05) is 0 Å². The Bertz CT molecular complexity index is 372. The van der Waals surface area contributed by atoms with Gasteiger partial charge in [-0.05, 0) is 51.4 Å². The van der Waals surface area contributed by atoms with Gasteiger partial charge in [0, 0.05) is 23.9 Å². The van der Waals surface area contributed by atoms with E-state index in [9.17, 15) is 0 Å². The molecular weight excluding hydrogens is 352 g/mol. The van der Waals surface area contributed by atoms with E-state index in [4.69, 9.17) is 13.3 Å². The van der Waals surface area contributed by atoms with Gasteiger partial charge in [0.15, 0.2) is 0 Å². The van der Waals surface area contributed by atoms with Gasteiger partial charge in [0.05, 0.1) is 0 Å². The minimum atomic E-state index is -2.64. The number of hydrogen-bond donors (Lipinski definition) is 0. The molecule has 0 aliphatic heterocycles. The molecular formula is C23H42O3Si. The van der Waals surface area contributed by atoms with Gasteiger partial charge in [-0.1, -0.05) is 70.6 Å². The van der Waals surface area contributed by atoms with Crippen molar-refractivity contribution in [2.24, 2.45) is 0 Å². The lowest BCUT2D eigenvalue weighted by molar-refractivity contribution is -0.0253. The highest BCUT2D eigenvalue weighted by atomic mass is 28.4. The Balaban J connectivity index is 1.56. The highest BCUT2D eigenvalue weighted by molar-refractivity contribution is 6.62. The molecule has 4 heteroatoms. The molecule has 4 aliphatic carbocycles. The van der Waals surface area contributed by atoms with Crippen LogP contribution in [0.3, 0.4) is 0 Å². The molecule has 0 bridgehead atoms. The summed E-state index contributed by atoms with van der Waals surface area (Å²) in [6, 6.07) is 0. The fourth-order valence-electron chi connectivity index (χ4n) is 5.90. The normalized spacial score (nSPS) is 28.0. The van der Waals surface area contributed by atoms with Crippen LogP contribution < -0.4 is 0 Å². The standard InChI is InChI=1S/C23H42O3Si/c1-2-4-18-23(19-5-3-1)27(24-20-12-6-7-13-20,25-21-14-8-9-15-21)26-22-16-10-11-17-22/h20-23H,1-19H2. The maximum absolute atomic E-state index is 7.05. The average Bonchev–Trinajstić information content (AvgIpc) is 3.38. The highest BCUT2D eigenvalue weighted by Crippen LogP contribution is 2.43. The molecule has 4 saturated carbocycles. The Kier molecular flexibility index (Phi) is 7.71. The lowest BCUT2D eigenvalue weighted by Gasteiger charge is -2.42. The lowest BCUT2D eigenvalue weighted by atomic mass is 10.0. The summed E-state index contributed by atoms with van der Waals surface area (Å²) in [5, 5.41) is 0. The van der Waals surface area contributed by atoms with E-state index in [1.807, 2.05) is 0 Å². The van der Waals surface area contributed by atoms with Crippen LogP contribution in [0.4, 0.5) is 0 Å². The predicted octanol–water partition coefficient (Wildman–Crippen LogP) is 6.92. The second-order valence-electron chi connectivity index (χ2n) is 9.72. The van der Waals surface area contributed by atoms with Gasteiger partial charge in [-0.2, -0.15) is 0 Å². The van der Waals surface area contributed by atoms with Crippen molar-refractivity contribution in [1.29, 1.82) is 0 Å². The van der Waals surface area contributed by atoms with Crippen LogP contribution in [0.2, 0.25) is 5.54 Å². The highest BCUT2D eigenvalue weighted by Gasteiger charge is 2.54. The Hall–Kier alpha value is 0.0969. The van der Waals surface area contributed by atoms with E-state index in [1.165, 1.54) is 122 Å². The molecule has 0 atom stereocenters. The summed E-state index contributed by atoms with van der Waals surface area (Å²) in [6.07, 6.45) is 26.0. The minimum absolute atomic E-state index is 0.407.